The largest absolute Gasteiger partial charge is 0.493 e. The number of hydrogen-bond acceptors (Lipinski definition) is 5. The van der Waals surface area contributed by atoms with Gasteiger partial charge in [-0.2, -0.15) is 0 Å². The summed E-state index contributed by atoms with van der Waals surface area (Å²) >= 11 is 6.82. The maximum absolute atomic E-state index is 12.0. The monoisotopic (exact) mass is 446 g/mol. The number of esters is 1. The molecule has 2 aromatic rings. The standard InChI is InChI=1S/C14H15IN4O3S/c1-3-22-13(21)7(2)19-10-5-4-8(15)6-9(10)11(12(19)20)17-18-14(16)23/h4-7,20H,3H2,1-2H3,(H2,16,23)/t7-/m1/s1. The molecule has 0 saturated carbocycles. The lowest BCUT2D eigenvalue weighted by molar-refractivity contribution is -0.146. The van der Waals surface area contributed by atoms with Crippen LogP contribution in [0.3, 0.4) is 0 Å². The third-order valence-corrected chi connectivity index (χ3v) is 3.93. The molecule has 2 rings (SSSR count). The number of fused-ring (bicyclic) bond motifs is 1. The van der Waals surface area contributed by atoms with Gasteiger partial charge in [0.25, 0.3) is 0 Å². The molecule has 122 valence electrons. The number of aromatic nitrogens is 1. The van der Waals surface area contributed by atoms with Crippen molar-refractivity contribution in [2.24, 2.45) is 16.0 Å². The average Bonchev–Trinajstić information content (AvgIpc) is 2.75. The lowest BCUT2D eigenvalue weighted by Crippen LogP contribution is -2.18. The molecule has 3 N–H and O–H groups in total. The Labute approximate surface area is 151 Å². The normalized spacial score (nSPS) is 12.7. The predicted molar refractivity (Wildman–Crippen MR) is 99.0 cm³/mol. The first kappa shape index (κ1) is 17.6. The summed E-state index contributed by atoms with van der Waals surface area (Å²) < 4.78 is 7.43. The second-order valence-electron chi connectivity index (χ2n) is 4.67. The highest BCUT2D eigenvalue weighted by Gasteiger charge is 2.25. The Balaban J connectivity index is 2.68. The van der Waals surface area contributed by atoms with Gasteiger partial charge in [-0.15, -0.1) is 10.2 Å². The van der Waals surface area contributed by atoms with Crippen molar-refractivity contribution in [2.45, 2.75) is 19.9 Å². The van der Waals surface area contributed by atoms with E-state index in [1.165, 1.54) is 4.57 Å². The molecule has 1 aromatic heterocycles. The van der Waals surface area contributed by atoms with Crippen molar-refractivity contribution in [1.82, 2.24) is 4.57 Å². The number of ether oxygens (including phenoxy) is 1. The number of hydrogen-bond donors (Lipinski definition) is 2. The van der Waals surface area contributed by atoms with Crippen molar-refractivity contribution in [2.75, 3.05) is 6.61 Å². The first-order chi connectivity index (χ1) is 10.9. The lowest BCUT2D eigenvalue weighted by atomic mass is 10.2. The van der Waals surface area contributed by atoms with Crippen LogP contribution in [-0.4, -0.2) is 27.4 Å². The summed E-state index contributed by atoms with van der Waals surface area (Å²) in [6.07, 6.45) is 0. The summed E-state index contributed by atoms with van der Waals surface area (Å²) in [7, 11) is 0. The molecule has 0 radical (unpaired) electrons. The molecule has 0 aliphatic rings. The Hall–Kier alpha value is -1.75. The molecule has 9 heteroatoms. The molecule has 0 aliphatic carbocycles. The third-order valence-electron chi connectivity index (χ3n) is 3.18. The van der Waals surface area contributed by atoms with E-state index >= 15 is 0 Å². The van der Waals surface area contributed by atoms with Crippen molar-refractivity contribution < 1.29 is 14.6 Å². The van der Waals surface area contributed by atoms with Crippen molar-refractivity contribution in [1.29, 1.82) is 0 Å². The van der Waals surface area contributed by atoms with E-state index in [0.29, 0.717) is 10.9 Å². The van der Waals surface area contributed by atoms with E-state index in [0.717, 1.165) is 3.57 Å². The number of nitrogens with two attached hydrogens (primary N) is 1. The Morgan fingerprint density at radius 1 is 1.57 bits per heavy atom. The van der Waals surface area contributed by atoms with Gasteiger partial charge in [0.2, 0.25) is 11.0 Å². The number of nitrogens with zero attached hydrogens (tertiary/aromatic N) is 3. The van der Waals surface area contributed by atoms with Crippen molar-refractivity contribution in [3.63, 3.8) is 0 Å². The SMILES string of the molecule is CCOC(=O)[C@@H](C)n1c(O)c(N=NC(N)=S)c2cc(I)ccc21. The molecular weight excluding hydrogens is 431 g/mol. The third kappa shape index (κ3) is 3.61. The number of halogens is 1. The van der Waals surface area contributed by atoms with Crippen LogP contribution in [0.2, 0.25) is 0 Å². The molecule has 0 amide bonds. The fourth-order valence-corrected chi connectivity index (χ4v) is 2.75. The zero-order valence-electron chi connectivity index (χ0n) is 12.5. The number of carbonyl (C=O) groups is 1. The van der Waals surface area contributed by atoms with Crippen LogP contribution in [0, 0.1) is 3.57 Å². The Morgan fingerprint density at radius 2 is 2.26 bits per heavy atom. The molecule has 0 fully saturated rings. The lowest BCUT2D eigenvalue weighted by Gasteiger charge is -2.14. The van der Waals surface area contributed by atoms with E-state index in [1.54, 1.807) is 19.9 Å². The highest BCUT2D eigenvalue weighted by Crippen LogP contribution is 2.41. The molecule has 7 nitrogen and oxygen atoms in total. The number of rotatable bonds is 4. The maximum Gasteiger partial charge on any atom is 0.328 e. The Morgan fingerprint density at radius 3 is 2.87 bits per heavy atom. The first-order valence-corrected chi connectivity index (χ1v) is 8.25. The Bertz CT molecular complexity index is 803. The van der Waals surface area contributed by atoms with Crippen LogP contribution < -0.4 is 5.73 Å². The van der Waals surface area contributed by atoms with E-state index < -0.39 is 12.0 Å². The molecular formula is C14H15IN4O3S. The fourth-order valence-electron chi connectivity index (χ4n) is 2.21. The minimum atomic E-state index is -0.716. The average molecular weight is 446 g/mol. The van der Waals surface area contributed by atoms with Crippen molar-refractivity contribution in [3.8, 4) is 5.88 Å². The van der Waals surface area contributed by atoms with Crippen molar-refractivity contribution in [3.05, 3.63) is 21.8 Å². The highest BCUT2D eigenvalue weighted by molar-refractivity contribution is 14.1. The minimum Gasteiger partial charge on any atom is -0.493 e. The first-order valence-electron chi connectivity index (χ1n) is 6.77. The van der Waals surface area contributed by atoms with Gasteiger partial charge in [0.05, 0.1) is 12.1 Å². The van der Waals surface area contributed by atoms with Crippen LogP contribution in [0.25, 0.3) is 10.9 Å². The second-order valence-corrected chi connectivity index (χ2v) is 6.33. The van der Waals surface area contributed by atoms with Crippen LogP contribution in [0.15, 0.2) is 28.4 Å². The van der Waals surface area contributed by atoms with Gasteiger partial charge >= 0.3 is 5.97 Å². The van der Waals surface area contributed by atoms with Gasteiger partial charge in [-0.3, -0.25) is 4.57 Å². The quantitative estimate of drug-likeness (QED) is 0.325. The molecule has 1 aromatic carbocycles. The second kappa shape index (κ2) is 7.21. The molecule has 0 unspecified atom stereocenters. The zero-order valence-corrected chi connectivity index (χ0v) is 15.5. The van der Waals surface area contributed by atoms with Gasteiger partial charge in [-0.1, -0.05) is 0 Å². The molecule has 1 heterocycles. The molecule has 23 heavy (non-hydrogen) atoms. The minimum absolute atomic E-state index is 0.144. The molecule has 0 saturated heterocycles. The molecule has 1 atom stereocenters. The Kier molecular flexibility index (Phi) is 5.52. The summed E-state index contributed by atoms with van der Waals surface area (Å²) in [4.78, 5) is 12.0. The van der Waals surface area contributed by atoms with Crippen molar-refractivity contribution >= 4 is 62.5 Å². The van der Waals surface area contributed by atoms with E-state index in [-0.39, 0.29) is 23.3 Å². The van der Waals surface area contributed by atoms with Gasteiger partial charge in [-0.25, -0.2) is 4.79 Å². The van der Waals surface area contributed by atoms with Crippen LogP contribution in [-0.2, 0) is 9.53 Å². The van der Waals surface area contributed by atoms with Gasteiger partial charge in [0.15, 0.2) is 5.69 Å². The van der Waals surface area contributed by atoms with Gasteiger partial charge < -0.3 is 15.6 Å². The van der Waals surface area contributed by atoms with Crippen LogP contribution in [0.4, 0.5) is 5.69 Å². The predicted octanol–water partition coefficient (Wildman–Crippen LogP) is 3.40. The highest BCUT2D eigenvalue weighted by atomic mass is 127. The maximum atomic E-state index is 12.0. The van der Waals surface area contributed by atoms with E-state index in [1.807, 2.05) is 12.1 Å². The summed E-state index contributed by atoms with van der Waals surface area (Å²) in [5.41, 5.74) is 6.18. The molecule has 0 aliphatic heterocycles. The number of carbonyl (C=O) groups excluding carboxylic acids is 1. The molecule has 0 spiro atoms. The van der Waals surface area contributed by atoms with Gasteiger partial charge in [-0.05, 0) is 66.9 Å². The number of benzene rings is 1. The van der Waals surface area contributed by atoms with Crippen LogP contribution >= 0.6 is 34.8 Å². The summed E-state index contributed by atoms with van der Waals surface area (Å²) in [6.45, 7) is 3.63. The summed E-state index contributed by atoms with van der Waals surface area (Å²) in [6, 6.07) is 4.78. The zero-order chi connectivity index (χ0) is 17.1. The topological polar surface area (TPSA) is 102 Å². The van der Waals surface area contributed by atoms with Crippen LogP contribution in [0.1, 0.15) is 19.9 Å². The van der Waals surface area contributed by atoms with E-state index in [4.69, 9.17) is 10.5 Å². The number of azo groups is 1. The fraction of sp³-hybridized carbons (Fsp3) is 0.286. The van der Waals surface area contributed by atoms with Gasteiger partial charge in [0, 0.05) is 8.96 Å². The summed E-state index contributed by atoms with van der Waals surface area (Å²) in [5.74, 6) is -0.640. The summed E-state index contributed by atoms with van der Waals surface area (Å²) in [5, 5.41) is 18.6. The number of thiocarbonyl (C=S) groups is 1. The molecule has 0 bridgehead atoms. The van der Waals surface area contributed by atoms with E-state index in [9.17, 15) is 9.90 Å². The smallest absolute Gasteiger partial charge is 0.328 e. The van der Waals surface area contributed by atoms with E-state index in [2.05, 4.69) is 45.0 Å². The van der Waals surface area contributed by atoms with Crippen LogP contribution in [0.5, 0.6) is 5.88 Å². The number of aromatic hydroxyl groups is 1. The van der Waals surface area contributed by atoms with Gasteiger partial charge in [0.1, 0.15) is 6.04 Å².